The number of unbranched alkanes of at least 4 members (excludes halogenated alkanes) is 1. The standard InChI is InChI=1S/C29H39N3O4/c1-32(27(29(33)34)24-9-5-10-25(35-2)26(24)19-11-12-19)22-17-23(18-22)36-16-4-3-8-21-14-13-20-7-6-15-30-28(20)31-21/h5,9-10,13-14,19,22-23,27H,3-4,6-8,11-12,15-18H2,1-2H3,(H,30,31)(H,33,34). The molecule has 1 unspecified atom stereocenters. The number of hydrogen-bond donors (Lipinski definition) is 2. The summed E-state index contributed by atoms with van der Waals surface area (Å²) in [6.45, 7) is 1.76. The fourth-order valence-electron chi connectivity index (χ4n) is 5.70. The Kier molecular flexibility index (Phi) is 7.77. The minimum atomic E-state index is -0.803. The number of anilines is 1. The van der Waals surface area contributed by atoms with E-state index in [9.17, 15) is 9.90 Å². The Balaban J connectivity index is 1.08. The number of hydrogen-bond acceptors (Lipinski definition) is 6. The van der Waals surface area contributed by atoms with Crippen LogP contribution in [0.25, 0.3) is 0 Å². The van der Waals surface area contributed by atoms with Crippen molar-refractivity contribution in [3.63, 3.8) is 0 Å². The van der Waals surface area contributed by atoms with Crippen molar-refractivity contribution in [3.8, 4) is 5.75 Å². The highest BCUT2D eigenvalue weighted by Gasteiger charge is 2.41. The third-order valence-corrected chi connectivity index (χ3v) is 8.02. The Labute approximate surface area is 214 Å². The molecular formula is C29H39N3O4. The van der Waals surface area contributed by atoms with Gasteiger partial charge in [-0.2, -0.15) is 0 Å². The molecule has 1 aromatic carbocycles. The molecule has 36 heavy (non-hydrogen) atoms. The average Bonchev–Trinajstić information content (AvgIpc) is 3.69. The van der Waals surface area contributed by atoms with Crippen LogP contribution < -0.4 is 10.1 Å². The molecule has 0 spiro atoms. The molecule has 0 bridgehead atoms. The van der Waals surface area contributed by atoms with Crippen LogP contribution in [0.3, 0.4) is 0 Å². The van der Waals surface area contributed by atoms with Crippen LogP contribution in [0.4, 0.5) is 5.82 Å². The number of ether oxygens (including phenoxy) is 2. The molecule has 0 radical (unpaired) electrons. The van der Waals surface area contributed by atoms with Crippen LogP contribution in [0.5, 0.6) is 5.75 Å². The molecule has 1 atom stereocenters. The van der Waals surface area contributed by atoms with Crippen molar-refractivity contribution in [2.24, 2.45) is 0 Å². The SMILES string of the molecule is COc1cccc(C(C(=O)O)N(C)C2CC(OCCCCc3ccc4c(n3)NCCC4)C2)c1C1CC1. The van der Waals surface area contributed by atoms with Gasteiger partial charge in [-0.25, -0.2) is 4.98 Å². The molecule has 2 fully saturated rings. The maximum atomic E-state index is 12.4. The van der Waals surface area contributed by atoms with Crippen molar-refractivity contribution in [3.05, 3.63) is 52.7 Å². The van der Waals surface area contributed by atoms with Gasteiger partial charge in [-0.15, -0.1) is 0 Å². The zero-order valence-corrected chi connectivity index (χ0v) is 21.5. The molecule has 0 saturated heterocycles. The van der Waals surface area contributed by atoms with Crippen molar-refractivity contribution in [1.29, 1.82) is 0 Å². The van der Waals surface area contributed by atoms with E-state index in [0.29, 0.717) is 5.92 Å². The molecule has 2 aliphatic carbocycles. The first-order valence-corrected chi connectivity index (χ1v) is 13.5. The van der Waals surface area contributed by atoms with E-state index >= 15 is 0 Å². The summed E-state index contributed by atoms with van der Waals surface area (Å²) in [6, 6.07) is 9.74. The molecule has 7 nitrogen and oxygen atoms in total. The number of aliphatic carboxylic acids is 1. The van der Waals surface area contributed by atoms with E-state index in [4.69, 9.17) is 14.5 Å². The Hall–Kier alpha value is -2.64. The van der Waals surface area contributed by atoms with E-state index in [2.05, 4.69) is 17.4 Å². The van der Waals surface area contributed by atoms with Gasteiger partial charge in [0.2, 0.25) is 0 Å². The van der Waals surface area contributed by atoms with E-state index in [1.807, 2.05) is 30.1 Å². The Morgan fingerprint density at radius 2 is 2.06 bits per heavy atom. The number of nitrogens with one attached hydrogen (secondary N) is 1. The van der Waals surface area contributed by atoms with E-state index in [1.165, 1.54) is 12.0 Å². The third-order valence-electron chi connectivity index (χ3n) is 8.02. The molecule has 1 aromatic heterocycles. The number of aryl methyl sites for hydroxylation is 2. The summed E-state index contributed by atoms with van der Waals surface area (Å²) >= 11 is 0. The van der Waals surface area contributed by atoms with Crippen molar-refractivity contribution in [2.45, 2.75) is 81.9 Å². The normalized spacial score (nSPS) is 21.9. The smallest absolute Gasteiger partial charge is 0.325 e. The highest BCUT2D eigenvalue weighted by Crippen LogP contribution is 2.48. The van der Waals surface area contributed by atoms with Crippen LogP contribution in [-0.4, -0.2) is 60.4 Å². The van der Waals surface area contributed by atoms with Crippen LogP contribution in [0.15, 0.2) is 30.3 Å². The summed E-state index contributed by atoms with van der Waals surface area (Å²) < 4.78 is 11.7. The number of likely N-dealkylation sites (N-methyl/N-ethyl adjacent to an activating group) is 1. The van der Waals surface area contributed by atoms with Crippen LogP contribution in [0.2, 0.25) is 0 Å². The maximum Gasteiger partial charge on any atom is 0.325 e. The summed E-state index contributed by atoms with van der Waals surface area (Å²) in [7, 11) is 3.61. The third kappa shape index (κ3) is 5.52. The first kappa shape index (κ1) is 25.0. The van der Waals surface area contributed by atoms with Crippen LogP contribution in [-0.2, 0) is 22.4 Å². The summed E-state index contributed by atoms with van der Waals surface area (Å²) in [6.07, 6.45) is 9.51. The minimum Gasteiger partial charge on any atom is -0.496 e. The second-order valence-electron chi connectivity index (χ2n) is 10.6. The van der Waals surface area contributed by atoms with Crippen LogP contribution in [0, 0.1) is 0 Å². The number of aromatic nitrogens is 1. The van der Waals surface area contributed by atoms with Gasteiger partial charge in [-0.1, -0.05) is 18.2 Å². The number of pyridine rings is 1. The lowest BCUT2D eigenvalue weighted by molar-refractivity contribution is -0.146. The van der Waals surface area contributed by atoms with Gasteiger partial charge in [0, 0.05) is 30.5 Å². The van der Waals surface area contributed by atoms with Crippen LogP contribution >= 0.6 is 0 Å². The molecule has 2 N–H and O–H groups in total. The molecule has 2 aromatic rings. The molecular weight excluding hydrogens is 454 g/mol. The number of carboxylic acid groups (broad SMARTS) is 1. The van der Waals surface area contributed by atoms with Gasteiger partial charge in [-0.3, -0.25) is 9.69 Å². The maximum absolute atomic E-state index is 12.4. The number of benzene rings is 1. The summed E-state index contributed by atoms with van der Waals surface area (Å²) in [4.78, 5) is 19.2. The fraction of sp³-hybridized carbons (Fsp3) is 0.586. The predicted molar refractivity (Wildman–Crippen MR) is 140 cm³/mol. The Morgan fingerprint density at radius 3 is 2.81 bits per heavy atom. The molecule has 2 saturated carbocycles. The summed E-state index contributed by atoms with van der Waals surface area (Å²) in [5.74, 6) is 1.49. The summed E-state index contributed by atoms with van der Waals surface area (Å²) in [5, 5.41) is 13.6. The van der Waals surface area contributed by atoms with Crippen LogP contribution in [0.1, 0.15) is 79.3 Å². The molecule has 3 aliphatic rings. The van der Waals surface area contributed by atoms with Gasteiger partial charge in [0.15, 0.2) is 0 Å². The number of nitrogens with zero attached hydrogens (tertiary/aromatic N) is 2. The lowest BCUT2D eigenvalue weighted by atomic mass is 9.85. The van der Waals surface area contributed by atoms with Gasteiger partial charge in [-0.05, 0) is 94.0 Å². The van der Waals surface area contributed by atoms with Crippen molar-refractivity contribution < 1.29 is 19.4 Å². The van der Waals surface area contributed by atoms with Gasteiger partial charge in [0.1, 0.15) is 17.6 Å². The zero-order chi connectivity index (χ0) is 25.1. The minimum absolute atomic E-state index is 0.210. The number of methoxy groups -OCH3 is 1. The monoisotopic (exact) mass is 493 g/mol. The van der Waals surface area contributed by atoms with Gasteiger partial charge in [0.05, 0.1) is 13.2 Å². The van der Waals surface area contributed by atoms with Crippen molar-refractivity contribution in [2.75, 3.05) is 32.6 Å². The van der Waals surface area contributed by atoms with Gasteiger partial charge in [0.25, 0.3) is 0 Å². The van der Waals surface area contributed by atoms with Gasteiger partial charge < -0.3 is 19.9 Å². The van der Waals surface area contributed by atoms with E-state index in [-0.39, 0.29) is 12.1 Å². The second-order valence-corrected chi connectivity index (χ2v) is 10.6. The molecule has 2 heterocycles. The van der Waals surface area contributed by atoms with E-state index in [1.54, 1.807) is 7.11 Å². The molecule has 5 rings (SSSR count). The highest BCUT2D eigenvalue weighted by molar-refractivity contribution is 5.77. The molecule has 7 heteroatoms. The summed E-state index contributed by atoms with van der Waals surface area (Å²) in [5.41, 5.74) is 4.44. The Bertz CT molecular complexity index is 1060. The number of carbonyl (C=O) groups is 1. The number of rotatable bonds is 12. The number of carboxylic acids is 1. The van der Waals surface area contributed by atoms with E-state index < -0.39 is 12.0 Å². The predicted octanol–water partition coefficient (Wildman–Crippen LogP) is 4.95. The number of fused-ring (bicyclic) bond motifs is 1. The van der Waals surface area contributed by atoms with Crippen molar-refractivity contribution >= 4 is 11.8 Å². The quantitative estimate of drug-likeness (QED) is 0.405. The topological polar surface area (TPSA) is 83.9 Å². The average molecular weight is 494 g/mol. The first-order chi connectivity index (χ1) is 17.5. The lowest BCUT2D eigenvalue weighted by Crippen LogP contribution is -2.49. The first-order valence-electron chi connectivity index (χ1n) is 13.5. The lowest BCUT2D eigenvalue weighted by Gasteiger charge is -2.43. The van der Waals surface area contributed by atoms with Gasteiger partial charge >= 0.3 is 5.97 Å². The van der Waals surface area contributed by atoms with Crippen molar-refractivity contribution in [1.82, 2.24) is 9.88 Å². The molecule has 1 aliphatic heterocycles. The Morgan fingerprint density at radius 1 is 1.22 bits per heavy atom. The fourth-order valence-corrected chi connectivity index (χ4v) is 5.70. The second kappa shape index (κ2) is 11.2. The molecule has 194 valence electrons. The zero-order valence-electron chi connectivity index (χ0n) is 21.5. The highest BCUT2D eigenvalue weighted by atomic mass is 16.5. The largest absolute Gasteiger partial charge is 0.496 e. The van der Waals surface area contributed by atoms with E-state index in [0.717, 1.165) is 92.9 Å². The molecule has 0 amide bonds.